The number of hydrogen-bond acceptors (Lipinski definition) is 3. The summed E-state index contributed by atoms with van der Waals surface area (Å²) >= 11 is 0. The Bertz CT molecular complexity index is 2630. The summed E-state index contributed by atoms with van der Waals surface area (Å²) in [6.45, 7) is 0. The number of pyridine rings is 2. The van der Waals surface area contributed by atoms with Crippen LogP contribution in [0.1, 0.15) is 0 Å². The molecule has 0 N–H and O–H groups in total. The van der Waals surface area contributed by atoms with Crippen LogP contribution in [0.15, 0.2) is 146 Å². The number of rotatable bonds is 4. The first-order valence-electron chi connectivity index (χ1n) is 15.6. The Labute approximate surface area is 289 Å². The van der Waals surface area contributed by atoms with Crippen molar-refractivity contribution in [2.45, 2.75) is 0 Å². The molecule has 10 rings (SSSR count). The largest absolute Gasteiger partial charge is 2.00 e. The summed E-state index contributed by atoms with van der Waals surface area (Å²) in [5.41, 5.74) is 7.84. The molecule has 6 heteroatoms. The number of fused-ring (bicyclic) bond motifs is 12. The van der Waals surface area contributed by atoms with Crippen molar-refractivity contribution in [2.24, 2.45) is 0 Å². The topological polar surface area (TPSA) is 43.8 Å². The van der Waals surface area contributed by atoms with Gasteiger partial charge in [0.1, 0.15) is 0 Å². The number of hydrogen-bond donors (Lipinski definition) is 0. The van der Waals surface area contributed by atoms with Crippen molar-refractivity contribution in [2.75, 3.05) is 0 Å². The van der Waals surface area contributed by atoms with Crippen LogP contribution in [-0.2, 0) is 20.4 Å². The second-order valence-corrected chi connectivity index (χ2v) is 11.7. The average Bonchev–Trinajstić information content (AvgIpc) is 3.80. The van der Waals surface area contributed by atoms with Crippen LogP contribution >= 0.6 is 0 Å². The summed E-state index contributed by atoms with van der Waals surface area (Å²) in [5, 5.41) is 6.22. The maximum atomic E-state index is 6.51. The molecular weight excluding hydrogens is 683 g/mol. The van der Waals surface area contributed by atoms with Crippen LogP contribution < -0.4 is 4.74 Å². The monoisotopic (exact) mass is 706 g/mol. The van der Waals surface area contributed by atoms with Gasteiger partial charge in [0, 0.05) is 46.1 Å². The summed E-state index contributed by atoms with van der Waals surface area (Å²) in [6, 6.07) is 52.7. The van der Waals surface area contributed by atoms with Crippen molar-refractivity contribution in [3.63, 3.8) is 0 Å². The van der Waals surface area contributed by atoms with E-state index in [4.69, 9.17) is 14.7 Å². The number of para-hydroxylation sites is 2. The quantitative estimate of drug-likeness (QED) is 0.104. The molecule has 0 saturated carbocycles. The molecule has 0 fully saturated rings. The maximum absolute atomic E-state index is 6.51. The summed E-state index contributed by atoms with van der Waals surface area (Å²) in [7, 11) is 0. The van der Waals surface area contributed by atoms with Gasteiger partial charge < -0.3 is 13.5 Å². The first-order valence-corrected chi connectivity index (χ1v) is 15.6. The van der Waals surface area contributed by atoms with Crippen LogP contribution in [0.3, 0.4) is 0 Å². The van der Waals surface area contributed by atoms with Gasteiger partial charge in [0.2, 0.25) is 0 Å². The Hall–Kier alpha value is -5.80. The Morgan fingerprint density at radius 2 is 0.854 bits per heavy atom. The Morgan fingerprint density at radius 3 is 1.31 bits per heavy atom. The number of aromatic nitrogens is 4. The zero-order valence-electron chi connectivity index (χ0n) is 25.4. The number of ether oxygens (including phenoxy) is 1. The molecule has 228 valence electrons. The van der Waals surface area contributed by atoms with E-state index in [1.54, 1.807) is 0 Å². The van der Waals surface area contributed by atoms with Crippen molar-refractivity contribution >= 4 is 54.6 Å². The fraction of sp³-hybridized carbons (Fsp3) is 0. The molecule has 0 aliphatic heterocycles. The molecular formula is C42H24N4OPd. The van der Waals surface area contributed by atoms with E-state index in [0.717, 1.165) is 77.2 Å². The number of benzene rings is 6. The van der Waals surface area contributed by atoms with Gasteiger partial charge >= 0.3 is 20.4 Å². The van der Waals surface area contributed by atoms with E-state index >= 15 is 0 Å². The first kappa shape index (κ1) is 28.4. The van der Waals surface area contributed by atoms with Crippen molar-refractivity contribution in [3.05, 3.63) is 158 Å². The molecule has 6 aromatic carbocycles. The van der Waals surface area contributed by atoms with Gasteiger partial charge in [-0.25, -0.2) is 0 Å². The fourth-order valence-electron chi connectivity index (χ4n) is 6.79. The zero-order valence-corrected chi connectivity index (χ0v) is 26.9. The van der Waals surface area contributed by atoms with Gasteiger partial charge in [0.25, 0.3) is 0 Å². The third-order valence-electron chi connectivity index (χ3n) is 8.96. The Kier molecular flexibility index (Phi) is 6.62. The zero-order chi connectivity index (χ0) is 30.9. The van der Waals surface area contributed by atoms with E-state index in [1.807, 2.05) is 48.5 Å². The summed E-state index contributed by atoms with van der Waals surface area (Å²) in [4.78, 5) is 10.2. The van der Waals surface area contributed by atoms with E-state index in [1.165, 1.54) is 0 Å². The molecule has 48 heavy (non-hydrogen) atoms. The van der Waals surface area contributed by atoms with Crippen LogP contribution in [0, 0.1) is 12.1 Å². The van der Waals surface area contributed by atoms with Crippen molar-refractivity contribution < 1.29 is 25.2 Å². The average molecular weight is 707 g/mol. The summed E-state index contributed by atoms with van der Waals surface area (Å²) < 4.78 is 10.8. The molecule has 0 radical (unpaired) electrons. The van der Waals surface area contributed by atoms with Gasteiger partial charge in [-0.1, -0.05) is 143 Å². The molecule has 0 saturated heterocycles. The predicted molar refractivity (Wildman–Crippen MR) is 189 cm³/mol. The second kappa shape index (κ2) is 11.2. The van der Waals surface area contributed by atoms with E-state index < -0.39 is 0 Å². The predicted octanol–water partition coefficient (Wildman–Crippen LogP) is 10.3. The molecule has 0 aliphatic rings. The minimum absolute atomic E-state index is 0. The molecule has 0 amide bonds. The van der Waals surface area contributed by atoms with Gasteiger partial charge in [-0.2, -0.15) is 0 Å². The second-order valence-electron chi connectivity index (χ2n) is 11.7. The minimum atomic E-state index is 0. The van der Waals surface area contributed by atoms with E-state index in [-0.39, 0.29) is 20.4 Å². The van der Waals surface area contributed by atoms with Gasteiger partial charge in [0.15, 0.2) is 0 Å². The standard InChI is InChI=1S/C42H24N4O.Pd/c1-3-11-27(12-4-1)37-25-45-39-17-9-7-15-33(39)31-21-19-29(23-35(31)41(45)43-37)47-30-20-22-32-34-16-8-10-18-40(34)46-26-38(28-13-5-2-6-14-28)44-42(46)36(32)24-30;/h1-22,25-26H;/q-2;+2. The summed E-state index contributed by atoms with van der Waals surface area (Å²) in [6.07, 6.45) is 4.21. The summed E-state index contributed by atoms with van der Waals surface area (Å²) in [5.74, 6) is 1.19. The van der Waals surface area contributed by atoms with Crippen molar-refractivity contribution in [1.82, 2.24) is 18.8 Å². The van der Waals surface area contributed by atoms with Gasteiger partial charge in [-0.3, -0.25) is 9.97 Å². The molecule has 5 nitrogen and oxygen atoms in total. The smallest absolute Gasteiger partial charge is 0.497 e. The van der Waals surface area contributed by atoms with E-state index in [2.05, 4.69) is 118 Å². The molecule has 0 aliphatic carbocycles. The van der Waals surface area contributed by atoms with Gasteiger partial charge in [-0.05, 0) is 22.9 Å². The van der Waals surface area contributed by atoms with Gasteiger partial charge in [0.05, 0.1) is 22.7 Å². The third kappa shape index (κ3) is 4.42. The Balaban J connectivity index is 0.00000314. The molecule has 4 aromatic heterocycles. The van der Waals surface area contributed by atoms with Crippen LogP contribution in [0.4, 0.5) is 0 Å². The van der Waals surface area contributed by atoms with E-state index in [0.29, 0.717) is 11.5 Å². The van der Waals surface area contributed by atoms with Crippen LogP contribution in [-0.4, -0.2) is 18.8 Å². The number of imidazole rings is 2. The molecule has 0 atom stereocenters. The van der Waals surface area contributed by atoms with Crippen LogP contribution in [0.5, 0.6) is 11.5 Å². The van der Waals surface area contributed by atoms with E-state index in [9.17, 15) is 0 Å². The normalized spacial score (nSPS) is 11.6. The molecule has 10 aromatic rings. The van der Waals surface area contributed by atoms with Crippen molar-refractivity contribution in [1.29, 1.82) is 0 Å². The third-order valence-corrected chi connectivity index (χ3v) is 8.96. The minimum Gasteiger partial charge on any atom is -0.497 e. The Morgan fingerprint density at radius 1 is 0.438 bits per heavy atom. The first-order chi connectivity index (χ1) is 23.3. The van der Waals surface area contributed by atoms with Crippen molar-refractivity contribution in [3.8, 4) is 34.0 Å². The number of nitrogens with zero attached hydrogens (tertiary/aromatic N) is 4. The molecule has 0 spiro atoms. The van der Waals surface area contributed by atoms with Crippen LogP contribution in [0.25, 0.3) is 77.2 Å². The molecule has 4 heterocycles. The maximum Gasteiger partial charge on any atom is 2.00 e. The van der Waals surface area contributed by atoms with Crippen LogP contribution in [0.2, 0.25) is 0 Å². The SMILES string of the molecule is [Pd+2].[c-]1c(Oc2[c-]c3c(cc2)c2ccccc2n2cc(-c4ccccc4)nc32)ccc2c1c1nc(-c3ccccc3)cn1c1ccccc21. The fourth-order valence-corrected chi connectivity index (χ4v) is 6.79. The molecule has 0 unspecified atom stereocenters. The molecule has 0 bridgehead atoms. The van der Waals surface area contributed by atoms with Gasteiger partial charge in [-0.15, -0.1) is 12.1 Å².